The van der Waals surface area contributed by atoms with E-state index in [1.807, 2.05) is 0 Å². The fourth-order valence-electron chi connectivity index (χ4n) is 6.30. The summed E-state index contributed by atoms with van der Waals surface area (Å²) in [5.41, 5.74) is -17.0. The average molecular weight is 726 g/mol. The third-order valence-corrected chi connectivity index (χ3v) is 14.2. The van der Waals surface area contributed by atoms with E-state index in [1.54, 1.807) is 5.16 Å². The molecule has 0 bridgehead atoms. The first-order chi connectivity index (χ1) is 22.1. The molecule has 0 aromatic heterocycles. The molecule has 276 valence electrons. The van der Waals surface area contributed by atoms with Gasteiger partial charge in [0, 0.05) is 48.5 Å². The van der Waals surface area contributed by atoms with E-state index in [4.69, 9.17) is 14.2 Å². The van der Waals surface area contributed by atoms with Crippen LogP contribution in [0.1, 0.15) is 55.4 Å². The first-order valence-corrected chi connectivity index (χ1v) is 16.2. The number of carbonyl (C=O) groups excluding carboxylic acids is 8. The molecule has 2 aliphatic rings. The van der Waals surface area contributed by atoms with Gasteiger partial charge in [0.15, 0.2) is 56.2 Å². The molecular formula is C28H39NO19S. The predicted molar refractivity (Wildman–Crippen MR) is 159 cm³/mol. The smallest absolute Gasteiger partial charge is 0.269 e. The first kappa shape index (κ1) is 42.0. The van der Waals surface area contributed by atoms with Gasteiger partial charge in [0.2, 0.25) is 22.5 Å². The van der Waals surface area contributed by atoms with Gasteiger partial charge in [0.05, 0.1) is 6.61 Å². The number of hydrogen-bond acceptors (Lipinski definition) is 20. The Hall–Kier alpha value is -3.15. The van der Waals surface area contributed by atoms with E-state index < -0.39 is 118 Å². The van der Waals surface area contributed by atoms with Crippen LogP contribution in [0, 0.1) is 0 Å². The summed E-state index contributed by atoms with van der Waals surface area (Å²) in [6, 6.07) is 0. The molecule has 2 aliphatic heterocycles. The fraction of sp³-hybridized carbons (Fsp3) is 0.679. The highest BCUT2D eigenvalue weighted by Crippen LogP contribution is 2.62. The van der Waals surface area contributed by atoms with E-state index in [0.717, 1.165) is 0 Å². The van der Waals surface area contributed by atoms with E-state index in [-0.39, 0.29) is 0 Å². The number of isothiocyanates is 1. The fourth-order valence-corrected chi connectivity index (χ4v) is 9.58. The number of ketones is 4. The number of rotatable bonds is 8. The minimum Gasteiger partial charge on any atom is -0.391 e. The van der Waals surface area contributed by atoms with E-state index >= 15 is 0 Å². The lowest BCUT2D eigenvalue weighted by Crippen LogP contribution is -2.94. The van der Waals surface area contributed by atoms with Crippen molar-refractivity contribution >= 4 is 57.5 Å². The molecule has 0 unspecified atom stereocenters. The third-order valence-electron chi connectivity index (χ3n) is 9.14. The number of carbonyl (C=O) groups is 8. The number of aliphatic hydroxyl groups excluding tert-OH is 5. The zero-order valence-electron chi connectivity index (χ0n) is 27.5. The Balaban J connectivity index is 3.61. The Morgan fingerprint density at radius 3 is 1.43 bits per heavy atom. The maximum atomic E-state index is 14.0. The molecule has 0 amide bonds. The van der Waals surface area contributed by atoms with Gasteiger partial charge in [-0.1, -0.05) is 0 Å². The Kier molecular flexibility index (Phi) is 11.0. The molecule has 8 N–H and O–H groups in total. The second kappa shape index (κ2) is 12.9. The third kappa shape index (κ3) is 4.81. The molecule has 2 saturated heterocycles. The minimum absolute atomic E-state index is 0.358. The SMILES string of the molecule is CC(=O)[C@]1(O)[C@@](O)(C(C)=O)[C@](O)(C(C)=O)O[C@@](CO)(N=C=S(C(C)=O)(C(C)=O)(C(C)=O)C(C)=O)[C@]1(O[C@@H]1O[C@H](O)[C@@H](O)[C@H](O)[C@H]1O)C(C)=O. The van der Waals surface area contributed by atoms with Crippen molar-refractivity contribution in [2.24, 2.45) is 4.99 Å². The molecular weight excluding hydrogens is 686 g/mol. The van der Waals surface area contributed by atoms with Crippen LogP contribution in [0.4, 0.5) is 0 Å². The van der Waals surface area contributed by atoms with Crippen LogP contribution in [0.5, 0.6) is 0 Å². The summed E-state index contributed by atoms with van der Waals surface area (Å²) in [7, 11) is -5.86. The number of hydrogen-bond donors (Lipinski definition) is 8. The van der Waals surface area contributed by atoms with Crippen molar-refractivity contribution in [2.75, 3.05) is 6.61 Å². The summed E-state index contributed by atoms with van der Waals surface area (Å²) in [4.78, 5) is 110. The van der Waals surface area contributed by atoms with Crippen LogP contribution < -0.4 is 0 Å². The Labute approximate surface area is 277 Å². The summed E-state index contributed by atoms with van der Waals surface area (Å²) < 4.78 is 15.8. The van der Waals surface area contributed by atoms with Crippen molar-refractivity contribution in [3.63, 3.8) is 0 Å². The lowest BCUT2D eigenvalue weighted by atomic mass is 9.55. The molecule has 0 spiro atoms. The second-order valence-corrected chi connectivity index (χ2v) is 16.2. The molecule has 0 aliphatic carbocycles. The second-order valence-electron chi connectivity index (χ2n) is 11.7. The zero-order valence-corrected chi connectivity index (χ0v) is 28.3. The lowest BCUT2D eigenvalue weighted by molar-refractivity contribution is -0.449. The van der Waals surface area contributed by atoms with Crippen LogP contribution in [0.15, 0.2) is 4.99 Å². The van der Waals surface area contributed by atoms with Gasteiger partial charge >= 0.3 is 0 Å². The van der Waals surface area contributed by atoms with Gasteiger partial charge < -0.3 is 55.1 Å². The van der Waals surface area contributed by atoms with Crippen molar-refractivity contribution < 1.29 is 93.4 Å². The topological polar surface area (TPSA) is 338 Å². The first-order valence-electron chi connectivity index (χ1n) is 14.1. The van der Waals surface area contributed by atoms with Crippen LogP contribution in [0.3, 0.4) is 0 Å². The highest BCUT2D eigenvalue weighted by Gasteiger charge is 2.89. The standard InChI is InChI=1S/C28H39NO19S/c1-11(31)25(43)26(44,12(2)32)28(45,14(4)34)48-24(9-30,29-10-49(15(5)35,16(6)36,17(7)37)18(8)38)27(25,13(3)33)47-23-21(41)19(39)20(40)22(42)46-23/h19-23,30,39-45H,9H2,1-8H3/t19-,20-,21+,22-,23-,24+,25-,26-,27+,28-/m0/s1. The highest BCUT2D eigenvalue weighted by atomic mass is 32.3. The number of aliphatic hydroxyl groups is 8. The van der Waals surface area contributed by atoms with Gasteiger partial charge in [-0.2, -0.15) is 4.99 Å². The van der Waals surface area contributed by atoms with Gasteiger partial charge in [0.1, 0.15) is 18.3 Å². The van der Waals surface area contributed by atoms with Crippen LogP contribution in [0.2, 0.25) is 0 Å². The lowest BCUT2D eigenvalue weighted by Gasteiger charge is -2.64. The van der Waals surface area contributed by atoms with Crippen molar-refractivity contribution in [2.45, 2.75) is 115 Å². The largest absolute Gasteiger partial charge is 0.391 e. The molecule has 0 saturated carbocycles. The van der Waals surface area contributed by atoms with Gasteiger partial charge in [0.25, 0.3) is 5.79 Å². The van der Waals surface area contributed by atoms with Gasteiger partial charge in [-0.05, 0) is 20.8 Å². The summed E-state index contributed by atoms with van der Waals surface area (Å²) in [6.07, 6.45) is -12.6. The van der Waals surface area contributed by atoms with Crippen molar-refractivity contribution in [3.8, 4) is 0 Å². The monoisotopic (exact) mass is 725 g/mol. The van der Waals surface area contributed by atoms with Crippen molar-refractivity contribution in [1.29, 1.82) is 0 Å². The molecule has 2 fully saturated rings. The summed E-state index contributed by atoms with van der Waals surface area (Å²) in [5, 5.41) is 83.8. The van der Waals surface area contributed by atoms with Crippen molar-refractivity contribution in [1.82, 2.24) is 0 Å². The number of ether oxygens (including phenoxy) is 3. The summed E-state index contributed by atoms with van der Waals surface area (Å²) in [5.74, 6) is -11.9. The number of aliphatic imine (C=N–C) groups is 1. The number of Topliss-reactive ketones (excluding diaryl/α,β-unsaturated/α-hetero) is 4. The van der Waals surface area contributed by atoms with Crippen molar-refractivity contribution in [3.05, 3.63) is 0 Å². The molecule has 2 heterocycles. The summed E-state index contributed by atoms with van der Waals surface area (Å²) >= 11 is 0. The molecule has 0 aromatic carbocycles. The maximum Gasteiger partial charge on any atom is 0.269 e. The van der Waals surface area contributed by atoms with E-state index in [0.29, 0.717) is 55.4 Å². The van der Waals surface area contributed by atoms with E-state index in [2.05, 4.69) is 4.99 Å². The minimum atomic E-state index is -5.86. The maximum absolute atomic E-state index is 14.0. The molecule has 20 nitrogen and oxygen atoms in total. The number of nitrogens with zero attached hydrogens (tertiary/aromatic N) is 1. The molecule has 0 aromatic rings. The zero-order chi connectivity index (χ0) is 38.7. The van der Waals surface area contributed by atoms with Crippen LogP contribution in [-0.2, 0) is 52.6 Å². The molecule has 10 atom stereocenters. The van der Waals surface area contributed by atoms with Gasteiger partial charge in [-0.25, -0.2) is 0 Å². The molecule has 21 heteroatoms. The molecule has 0 radical (unpaired) electrons. The van der Waals surface area contributed by atoms with E-state index in [9.17, 15) is 79.2 Å². The molecule has 49 heavy (non-hydrogen) atoms. The van der Waals surface area contributed by atoms with Crippen LogP contribution in [0.25, 0.3) is 0 Å². The predicted octanol–water partition coefficient (Wildman–Crippen LogP) is -4.84. The highest BCUT2D eigenvalue weighted by molar-refractivity contribution is 8.83. The Morgan fingerprint density at radius 1 is 0.673 bits per heavy atom. The Bertz CT molecular complexity index is 1570. The Morgan fingerprint density at radius 2 is 1.10 bits per heavy atom. The van der Waals surface area contributed by atoms with E-state index in [1.165, 1.54) is 0 Å². The summed E-state index contributed by atoms with van der Waals surface area (Å²) in [6.45, 7) is 1.88. The quantitative estimate of drug-likeness (QED) is 0.0859. The normalized spacial score (nSPS) is 38.6. The van der Waals surface area contributed by atoms with Crippen LogP contribution >= 0.6 is 8.75 Å². The average Bonchev–Trinajstić information content (AvgIpc) is 2.98. The van der Waals surface area contributed by atoms with Gasteiger partial charge in [-0.15, -0.1) is 0 Å². The molecule has 2 rings (SSSR count). The van der Waals surface area contributed by atoms with Gasteiger partial charge in [-0.3, -0.25) is 38.4 Å². The van der Waals surface area contributed by atoms with Crippen LogP contribution in [-0.4, -0.2) is 155 Å².